The van der Waals surface area contributed by atoms with Crippen LogP contribution in [0.5, 0.6) is 11.5 Å². The van der Waals surface area contributed by atoms with Crippen LogP contribution >= 0.6 is 0 Å². The molecule has 0 saturated carbocycles. The Kier molecular flexibility index (Phi) is 26.1. The molecule has 0 N–H and O–H groups in total. The molecule has 4 aromatic rings. The van der Waals surface area contributed by atoms with E-state index in [1.807, 2.05) is 0 Å². The number of ether oxygens (including phenoxy) is 2. The van der Waals surface area contributed by atoms with E-state index in [1.165, 1.54) is 211 Å². The molecule has 71 heavy (non-hydrogen) atoms. The summed E-state index contributed by atoms with van der Waals surface area (Å²) in [5.74, 6) is 1.85. The van der Waals surface area contributed by atoms with Gasteiger partial charge in [-0.15, -0.1) is 0 Å². The highest BCUT2D eigenvalue weighted by atomic mass is 16.5. The third-order valence-electron chi connectivity index (χ3n) is 14.9. The van der Waals surface area contributed by atoms with Crippen molar-refractivity contribution in [1.82, 2.24) is 0 Å². The molecule has 4 aromatic carbocycles. The Morgan fingerprint density at radius 3 is 0.944 bits per heavy atom. The molecule has 5 rings (SSSR count). The van der Waals surface area contributed by atoms with Gasteiger partial charge in [0.15, 0.2) is 0 Å². The molecule has 0 heterocycles. The molecule has 0 spiro atoms. The molecule has 4 heteroatoms. The van der Waals surface area contributed by atoms with Crippen LogP contribution in [-0.4, -0.2) is 25.6 Å². The van der Waals surface area contributed by atoms with Crippen molar-refractivity contribution in [2.75, 3.05) is 13.2 Å². The Morgan fingerprint density at radius 1 is 0.380 bits per heavy atom. The van der Waals surface area contributed by atoms with Crippen molar-refractivity contribution < 1.29 is 9.47 Å². The summed E-state index contributed by atoms with van der Waals surface area (Å²) in [6.45, 7) is 20.0. The van der Waals surface area contributed by atoms with Crippen LogP contribution < -0.4 is 9.47 Å². The first-order valence-electron chi connectivity index (χ1n) is 29.4. The first kappa shape index (κ1) is 57.7. The average Bonchev–Trinajstić information content (AvgIpc) is 3.74. The number of rotatable bonds is 36. The predicted octanol–water partition coefficient (Wildman–Crippen LogP) is 21.1. The number of hydrogen-bond donors (Lipinski definition) is 0. The van der Waals surface area contributed by atoms with Crippen molar-refractivity contribution in [3.8, 4) is 22.6 Å². The molecule has 0 aliphatic heterocycles. The summed E-state index contributed by atoms with van der Waals surface area (Å²) in [4.78, 5) is 10.1. The summed E-state index contributed by atoms with van der Waals surface area (Å²) in [6, 6.07) is 26.2. The summed E-state index contributed by atoms with van der Waals surface area (Å²) in [5, 5.41) is 0. The van der Waals surface area contributed by atoms with E-state index in [-0.39, 0.29) is 10.8 Å². The molecule has 0 saturated heterocycles. The second kappa shape index (κ2) is 32.1. The fourth-order valence-corrected chi connectivity index (χ4v) is 10.1. The molecule has 0 fully saturated rings. The van der Waals surface area contributed by atoms with Crippen molar-refractivity contribution in [1.29, 1.82) is 0 Å². The molecule has 0 unspecified atom stereocenters. The third kappa shape index (κ3) is 21.4. The van der Waals surface area contributed by atoms with Gasteiger partial charge in [0.2, 0.25) is 0 Å². The van der Waals surface area contributed by atoms with Crippen LogP contribution in [0.1, 0.15) is 269 Å². The second-order valence-corrected chi connectivity index (χ2v) is 23.3. The molecule has 1 aliphatic carbocycles. The first-order valence-corrected chi connectivity index (χ1v) is 29.4. The maximum atomic E-state index is 6.16. The van der Waals surface area contributed by atoms with Crippen molar-refractivity contribution >= 4 is 23.8 Å². The molecule has 0 amide bonds. The molecular weight excluding hydrogens is 865 g/mol. The predicted molar refractivity (Wildman–Crippen MR) is 311 cm³/mol. The van der Waals surface area contributed by atoms with E-state index >= 15 is 0 Å². The zero-order valence-corrected chi connectivity index (χ0v) is 46.7. The van der Waals surface area contributed by atoms with Gasteiger partial charge < -0.3 is 9.47 Å². The normalized spacial score (nSPS) is 12.6. The van der Waals surface area contributed by atoms with Crippen LogP contribution in [0.2, 0.25) is 0 Å². The molecule has 0 radical (unpaired) electrons. The van der Waals surface area contributed by atoms with E-state index in [1.54, 1.807) is 0 Å². The van der Waals surface area contributed by atoms with Gasteiger partial charge >= 0.3 is 0 Å². The minimum atomic E-state index is -0.0136. The Morgan fingerprint density at radius 2 is 0.662 bits per heavy atom. The molecule has 4 nitrogen and oxygen atoms in total. The molecule has 1 aliphatic rings. The highest BCUT2D eigenvalue weighted by molar-refractivity contribution is 5.95. The quantitative estimate of drug-likeness (QED) is 0.0297. The fraction of sp³-hybridized carbons (Fsp3) is 0.612. The number of unbranched alkanes of at least 4 members (excludes halogenated alkanes) is 26. The van der Waals surface area contributed by atoms with Crippen molar-refractivity contribution in [3.63, 3.8) is 0 Å². The van der Waals surface area contributed by atoms with Gasteiger partial charge in [0.1, 0.15) is 11.5 Å². The number of hydrogen-bond acceptors (Lipinski definition) is 4. The van der Waals surface area contributed by atoms with Crippen LogP contribution in [0.3, 0.4) is 0 Å². The second-order valence-electron chi connectivity index (χ2n) is 23.3. The van der Waals surface area contributed by atoms with Crippen molar-refractivity contribution in [3.05, 3.63) is 106 Å². The van der Waals surface area contributed by atoms with Crippen LogP contribution in [0, 0.1) is 0 Å². The molecule has 0 atom stereocenters. The van der Waals surface area contributed by atoms with E-state index in [9.17, 15) is 0 Å². The van der Waals surface area contributed by atoms with E-state index in [0.717, 1.165) is 55.4 Å². The Balaban J connectivity index is 1.11. The lowest BCUT2D eigenvalue weighted by Gasteiger charge is -2.23. The monoisotopic (exact) mass is 965 g/mol. The first-order chi connectivity index (χ1) is 34.5. The van der Waals surface area contributed by atoms with Crippen LogP contribution in [0.4, 0.5) is 11.4 Å². The number of benzene rings is 4. The molecule has 390 valence electrons. The maximum Gasteiger partial charge on any atom is 0.119 e. The highest BCUT2D eigenvalue weighted by Crippen LogP contribution is 2.44. The van der Waals surface area contributed by atoms with Crippen LogP contribution in [0.15, 0.2) is 82.8 Å². The molecule has 0 bridgehead atoms. The molecule has 0 aromatic heterocycles. The summed E-state index contributed by atoms with van der Waals surface area (Å²) in [6.07, 6.45) is 43.3. The van der Waals surface area contributed by atoms with Crippen molar-refractivity contribution in [2.45, 2.75) is 252 Å². The van der Waals surface area contributed by atoms with E-state index < -0.39 is 0 Å². The lowest BCUT2D eigenvalue weighted by atomic mass is 9.82. The van der Waals surface area contributed by atoms with E-state index in [2.05, 4.69) is 141 Å². The Bertz CT molecular complexity index is 1980. The van der Waals surface area contributed by atoms with Gasteiger partial charge in [0.25, 0.3) is 0 Å². The smallest absolute Gasteiger partial charge is 0.119 e. The zero-order valence-electron chi connectivity index (χ0n) is 46.7. The minimum absolute atomic E-state index is 0.0136. The number of nitrogens with zero attached hydrogens (tertiary/aromatic N) is 2. The van der Waals surface area contributed by atoms with Gasteiger partial charge in [-0.1, -0.05) is 234 Å². The summed E-state index contributed by atoms with van der Waals surface area (Å²) >= 11 is 0. The Hall–Kier alpha value is -4.18. The Labute approximate surface area is 435 Å². The van der Waals surface area contributed by atoms with Gasteiger partial charge in [-0.2, -0.15) is 0 Å². The van der Waals surface area contributed by atoms with Gasteiger partial charge in [-0.25, -0.2) is 0 Å². The minimum Gasteiger partial charge on any atom is -0.494 e. The lowest BCUT2D eigenvalue weighted by Crippen LogP contribution is -2.13. The summed E-state index contributed by atoms with van der Waals surface area (Å²) in [5.41, 5.74) is 12.2. The van der Waals surface area contributed by atoms with Crippen LogP contribution in [0.25, 0.3) is 11.1 Å². The maximum absolute atomic E-state index is 6.16. The highest BCUT2D eigenvalue weighted by Gasteiger charge is 2.28. The van der Waals surface area contributed by atoms with Crippen molar-refractivity contribution in [2.24, 2.45) is 9.98 Å². The standard InChI is InChI=1S/C67H100N2O2/c1-9-11-13-15-17-19-21-23-25-27-29-31-33-35-45-70-60-41-37-58(38-42-60)68-52-54-47-56(66(3,4)5)49-64-62(54)51-63-55(48-57(50-65(63)64)67(6,7)8)53-69-59-39-43-61(44-40-59)71-46-36-34-32-30-28-26-24-22-20-18-16-14-12-10-2/h37-44,47-50,52-53H,9-36,45-46,51H2,1-8H3. The zero-order chi connectivity index (χ0) is 50.6. The van der Waals surface area contributed by atoms with E-state index in [4.69, 9.17) is 19.5 Å². The van der Waals surface area contributed by atoms with Gasteiger partial charge in [0, 0.05) is 12.4 Å². The van der Waals surface area contributed by atoms with E-state index in [0.29, 0.717) is 0 Å². The van der Waals surface area contributed by atoms with Gasteiger partial charge in [-0.3, -0.25) is 9.98 Å². The third-order valence-corrected chi connectivity index (χ3v) is 14.9. The summed E-state index contributed by atoms with van der Waals surface area (Å²) < 4.78 is 12.3. The average molecular weight is 966 g/mol. The van der Waals surface area contributed by atoms with Gasteiger partial charge in [-0.05, 0) is 135 Å². The fourth-order valence-electron chi connectivity index (χ4n) is 10.1. The lowest BCUT2D eigenvalue weighted by molar-refractivity contribution is 0.304. The van der Waals surface area contributed by atoms with Gasteiger partial charge in [0.05, 0.1) is 24.6 Å². The summed E-state index contributed by atoms with van der Waals surface area (Å²) in [7, 11) is 0. The molecular formula is C67H100N2O2. The number of aliphatic imine (C=N–C) groups is 2. The number of fused-ring (bicyclic) bond motifs is 3. The SMILES string of the molecule is CCCCCCCCCCCCCCCCOc1ccc(N=Cc2cc(C(C)(C)C)cc3c2Cc2c(C=Nc4ccc(OCCCCCCCCCCCCCCCC)cc4)cc(C(C)(C)C)cc2-3)cc1. The topological polar surface area (TPSA) is 43.2 Å². The largest absolute Gasteiger partial charge is 0.494 e. The van der Waals surface area contributed by atoms with Crippen LogP contribution in [-0.2, 0) is 17.3 Å².